The molecule has 1 aliphatic heterocycles. The number of carbonyl (C=O) groups is 1. The molecule has 0 aliphatic carbocycles. The first-order valence-electron chi connectivity index (χ1n) is 6.85. The second-order valence-corrected chi connectivity index (χ2v) is 6.11. The first kappa shape index (κ1) is 14.5. The molecule has 0 radical (unpaired) electrons. The maximum atomic E-state index is 11.5. The summed E-state index contributed by atoms with van der Waals surface area (Å²) < 4.78 is 1.11. The molecule has 2 unspecified atom stereocenters. The van der Waals surface area contributed by atoms with Crippen LogP contribution in [0.5, 0.6) is 0 Å². The quantitative estimate of drug-likeness (QED) is 0.922. The molecule has 0 spiro atoms. The standard InChI is InChI=1S/C15H21BrN2O/c1-3-14(11-5-4-6-12(16)9-11)17-13-7-8-15(19)18(2)10-13/h4-6,9,13-14,17H,3,7-8,10H2,1-2H3. The monoisotopic (exact) mass is 324 g/mol. The lowest BCUT2D eigenvalue weighted by Gasteiger charge is -2.33. The van der Waals surface area contributed by atoms with E-state index in [1.54, 1.807) is 0 Å². The van der Waals surface area contributed by atoms with Gasteiger partial charge in [-0.05, 0) is 30.5 Å². The number of hydrogen-bond donors (Lipinski definition) is 1. The molecule has 1 heterocycles. The number of rotatable bonds is 4. The minimum atomic E-state index is 0.258. The van der Waals surface area contributed by atoms with Crippen molar-refractivity contribution in [2.24, 2.45) is 0 Å². The van der Waals surface area contributed by atoms with Crippen LogP contribution in [0.4, 0.5) is 0 Å². The maximum absolute atomic E-state index is 11.5. The highest BCUT2D eigenvalue weighted by atomic mass is 79.9. The van der Waals surface area contributed by atoms with Crippen LogP contribution in [-0.4, -0.2) is 30.4 Å². The Morgan fingerprint density at radius 2 is 2.32 bits per heavy atom. The van der Waals surface area contributed by atoms with Gasteiger partial charge < -0.3 is 10.2 Å². The van der Waals surface area contributed by atoms with Gasteiger partial charge in [0.25, 0.3) is 0 Å². The van der Waals surface area contributed by atoms with E-state index in [1.807, 2.05) is 18.0 Å². The third-order valence-electron chi connectivity index (χ3n) is 3.72. The van der Waals surface area contributed by atoms with Crippen LogP contribution in [0.1, 0.15) is 37.8 Å². The summed E-state index contributed by atoms with van der Waals surface area (Å²) in [6.07, 6.45) is 2.64. The predicted octanol–water partition coefficient (Wildman–Crippen LogP) is 3.11. The molecule has 1 amide bonds. The Balaban J connectivity index is 2.01. The van der Waals surface area contributed by atoms with E-state index in [-0.39, 0.29) is 5.91 Å². The number of hydrogen-bond acceptors (Lipinski definition) is 2. The summed E-state index contributed by atoms with van der Waals surface area (Å²) in [5, 5.41) is 3.69. The van der Waals surface area contributed by atoms with Gasteiger partial charge in [0, 0.05) is 36.6 Å². The third kappa shape index (κ3) is 3.80. The summed E-state index contributed by atoms with van der Waals surface area (Å²) in [6, 6.07) is 9.18. The molecule has 1 N–H and O–H groups in total. The van der Waals surface area contributed by atoms with Crippen molar-refractivity contribution in [3.05, 3.63) is 34.3 Å². The molecule has 0 saturated carbocycles. The van der Waals surface area contributed by atoms with E-state index in [0.717, 1.165) is 23.9 Å². The van der Waals surface area contributed by atoms with Crippen LogP contribution in [0.2, 0.25) is 0 Å². The summed E-state index contributed by atoms with van der Waals surface area (Å²) in [5.74, 6) is 0.258. The van der Waals surface area contributed by atoms with Crippen molar-refractivity contribution in [1.82, 2.24) is 10.2 Å². The maximum Gasteiger partial charge on any atom is 0.222 e. The molecule has 1 saturated heterocycles. The number of nitrogens with one attached hydrogen (secondary N) is 1. The molecule has 1 aliphatic rings. The Morgan fingerprint density at radius 3 is 2.95 bits per heavy atom. The number of carbonyl (C=O) groups excluding carboxylic acids is 1. The Morgan fingerprint density at radius 1 is 1.53 bits per heavy atom. The minimum Gasteiger partial charge on any atom is -0.344 e. The van der Waals surface area contributed by atoms with Crippen molar-refractivity contribution < 1.29 is 4.79 Å². The summed E-state index contributed by atoms with van der Waals surface area (Å²) in [6.45, 7) is 3.00. The lowest BCUT2D eigenvalue weighted by molar-refractivity contribution is -0.132. The SMILES string of the molecule is CCC(NC1CCC(=O)N(C)C1)c1cccc(Br)c1. The zero-order chi connectivity index (χ0) is 13.8. The van der Waals surface area contributed by atoms with Gasteiger partial charge >= 0.3 is 0 Å². The Hall–Kier alpha value is -0.870. The molecule has 4 heteroatoms. The number of likely N-dealkylation sites (tertiary alicyclic amines) is 1. The van der Waals surface area contributed by atoms with E-state index < -0.39 is 0 Å². The van der Waals surface area contributed by atoms with Gasteiger partial charge in [-0.25, -0.2) is 0 Å². The van der Waals surface area contributed by atoms with E-state index >= 15 is 0 Å². The number of halogens is 1. The van der Waals surface area contributed by atoms with Gasteiger partial charge in [-0.3, -0.25) is 4.79 Å². The first-order valence-corrected chi connectivity index (χ1v) is 7.65. The average Bonchev–Trinajstić information content (AvgIpc) is 2.40. The molecule has 1 aromatic rings. The Kier molecular flexibility index (Phi) is 4.99. The van der Waals surface area contributed by atoms with E-state index in [9.17, 15) is 4.79 Å². The highest BCUT2D eigenvalue weighted by Crippen LogP contribution is 2.22. The second-order valence-electron chi connectivity index (χ2n) is 5.19. The fourth-order valence-corrected chi connectivity index (χ4v) is 3.02. The van der Waals surface area contributed by atoms with Gasteiger partial charge in [0.1, 0.15) is 0 Å². The fraction of sp³-hybridized carbons (Fsp3) is 0.533. The van der Waals surface area contributed by atoms with Gasteiger partial charge in [-0.2, -0.15) is 0 Å². The van der Waals surface area contributed by atoms with Crippen molar-refractivity contribution in [3.63, 3.8) is 0 Å². The van der Waals surface area contributed by atoms with Crippen molar-refractivity contribution in [3.8, 4) is 0 Å². The summed E-state index contributed by atoms with van der Waals surface area (Å²) >= 11 is 3.52. The largest absolute Gasteiger partial charge is 0.344 e. The lowest BCUT2D eigenvalue weighted by Crippen LogP contribution is -2.47. The zero-order valence-electron chi connectivity index (χ0n) is 11.5. The highest BCUT2D eigenvalue weighted by Gasteiger charge is 2.24. The first-order chi connectivity index (χ1) is 9.10. The van der Waals surface area contributed by atoms with E-state index in [0.29, 0.717) is 18.5 Å². The molecular weight excluding hydrogens is 304 g/mol. The van der Waals surface area contributed by atoms with Crippen LogP contribution in [0.25, 0.3) is 0 Å². The lowest BCUT2D eigenvalue weighted by atomic mass is 10.00. The van der Waals surface area contributed by atoms with Crippen LogP contribution >= 0.6 is 15.9 Å². The predicted molar refractivity (Wildman–Crippen MR) is 81.0 cm³/mol. The van der Waals surface area contributed by atoms with Crippen molar-refractivity contribution in [2.75, 3.05) is 13.6 Å². The third-order valence-corrected chi connectivity index (χ3v) is 4.22. The van der Waals surface area contributed by atoms with Crippen molar-refractivity contribution >= 4 is 21.8 Å². The fourth-order valence-electron chi connectivity index (χ4n) is 2.61. The Bertz CT molecular complexity index is 450. The summed E-state index contributed by atoms with van der Waals surface area (Å²) in [5.41, 5.74) is 1.30. The van der Waals surface area contributed by atoms with Crippen molar-refractivity contribution in [2.45, 2.75) is 38.3 Å². The molecule has 104 valence electrons. The second kappa shape index (κ2) is 6.53. The van der Waals surface area contributed by atoms with Crippen LogP contribution in [0.3, 0.4) is 0 Å². The molecule has 19 heavy (non-hydrogen) atoms. The van der Waals surface area contributed by atoms with Gasteiger partial charge in [0.15, 0.2) is 0 Å². The molecule has 1 fully saturated rings. The molecule has 0 bridgehead atoms. The van der Waals surface area contributed by atoms with Crippen LogP contribution in [-0.2, 0) is 4.79 Å². The normalized spacial score (nSPS) is 21.5. The minimum absolute atomic E-state index is 0.258. The number of benzene rings is 1. The van der Waals surface area contributed by atoms with Crippen molar-refractivity contribution in [1.29, 1.82) is 0 Å². The smallest absolute Gasteiger partial charge is 0.222 e. The van der Waals surface area contributed by atoms with Gasteiger partial charge in [-0.15, -0.1) is 0 Å². The van der Waals surface area contributed by atoms with Gasteiger partial charge in [0.2, 0.25) is 5.91 Å². The summed E-state index contributed by atoms with van der Waals surface area (Å²) in [4.78, 5) is 13.3. The van der Waals surface area contributed by atoms with Crippen LogP contribution < -0.4 is 5.32 Å². The van der Waals surface area contributed by atoms with E-state index in [4.69, 9.17) is 0 Å². The molecule has 2 rings (SSSR count). The average molecular weight is 325 g/mol. The molecule has 3 nitrogen and oxygen atoms in total. The Labute approximate surface area is 123 Å². The molecule has 0 aromatic heterocycles. The topological polar surface area (TPSA) is 32.3 Å². The molecular formula is C15H21BrN2O. The van der Waals surface area contributed by atoms with Gasteiger partial charge in [0.05, 0.1) is 0 Å². The number of amides is 1. The molecule has 2 atom stereocenters. The van der Waals surface area contributed by atoms with E-state index in [2.05, 4.69) is 46.4 Å². The molecule has 1 aromatic carbocycles. The number of nitrogens with zero attached hydrogens (tertiary/aromatic N) is 1. The number of piperidine rings is 1. The summed E-state index contributed by atoms with van der Waals surface area (Å²) in [7, 11) is 1.89. The van der Waals surface area contributed by atoms with Crippen LogP contribution in [0.15, 0.2) is 28.7 Å². The highest BCUT2D eigenvalue weighted by molar-refractivity contribution is 9.10. The zero-order valence-corrected chi connectivity index (χ0v) is 13.1. The van der Waals surface area contributed by atoms with Gasteiger partial charge in [-0.1, -0.05) is 35.0 Å². The number of likely N-dealkylation sites (N-methyl/N-ethyl adjacent to an activating group) is 1. The van der Waals surface area contributed by atoms with Crippen LogP contribution in [0, 0.1) is 0 Å². The van der Waals surface area contributed by atoms with E-state index in [1.165, 1.54) is 5.56 Å².